The Kier molecular flexibility index (Phi) is 7.37. The van der Waals surface area contributed by atoms with Gasteiger partial charge in [0.1, 0.15) is 0 Å². The zero-order valence-corrected chi connectivity index (χ0v) is 18.0. The molecule has 1 aliphatic rings. The van der Waals surface area contributed by atoms with Crippen LogP contribution >= 0.6 is 0 Å². The van der Waals surface area contributed by atoms with Gasteiger partial charge in [-0.25, -0.2) is 0 Å². The van der Waals surface area contributed by atoms with Crippen LogP contribution in [0.4, 0.5) is 26.3 Å². The van der Waals surface area contributed by atoms with E-state index in [1.54, 1.807) is 18.3 Å². The average molecular weight is 495 g/mol. The molecule has 0 spiro atoms. The minimum absolute atomic E-state index is 0.0831. The molecule has 0 saturated heterocycles. The van der Waals surface area contributed by atoms with Crippen molar-refractivity contribution in [3.63, 3.8) is 0 Å². The third kappa shape index (κ3) is 6.75. The lowest BCUT2D eigenvalue weighted by molar-refractivity contribution is -0.137. The van der Waals surface area contributed by atoms with Crippen molar-refractivity contribution in [2.75, 3.05) is 6.54 Å². The monoisotopic (exact) mass is 495 g/mol. The molecule has 2 aromatic heterocycles. The normalized spacial score (nSPS) is 13.6. The molecule has 1 aliphatic heterocycles. The van der Waals surface area contributed by atoms with Gasteiger partial charge in [-0.2, -0.15) is 26.3 Å². The highest BCUT2D eigenvalue weighted by molar-refractivity contribution is 5.97. The number of aromatic nitrogens is 2. The van der Waals surface area contributed by atoms with Gasteiger partial charge in [0.2, 0.25) is 0 Å². The summed E-state index contributed by atoms with van der Waals surface area (Å²) in [5, 5.41) is 10.4. The van der Waals surface area contributed by atoms with Gasteiger partial charge in [0.25, 0.3) is 5.91 Å². The van der Waals surface area contributed by atoms with Crippen molar-refractivity contribution in [1.29, 1.82) is 0 Å². The second kappa shape index (κ2) is 10.1. The number of hydrogen-bond donors (Lipinski definition) is 3. The first-order valence-electron chi connectivity index (χ1n) is 10.1. The molecule has 11 heteroatoms. The lowest BCUT2D eigenvalue weighted by atomic mass is 10.1. The molecule has 0 unspecified atom stereocenters. The zero-order chi connectivity index (χ0) is 25.8. The first kappa shape index (κ1) is 25.6. The van der Waals surface area contributed by atoms with Crippen molar-refractivity contribution >= 4 is 18.1 Å². The van der Waals surface area contributed by atoms with E-state index < -0.39 is 23.7 Å². The molecule has 0 radical (unpaired) electrons. The molecule has 4 rings (SSSR count). The van der Waals surface area contributed by atoms with Crippen LogP contribution in [0.3, 0.4) is 0 Å². The van der Waals surface area contributed by atoms with Crippen molar-refractivity contribution in [3.8, 4) is 11.3 Å². The Morgan fingerprint density at radius 2 is 1.69 bits per heavy atom. The van der Waals surface area contributed by atoms with Crippen LogP contribution in [0.15, 0.2) is 61.0 Å². The molecule has 35 heavy (non-hydrogen) atoms. The maximum atomic E-state index is 12.6. The molecule has 3 heterocycles. The van der Waals surface area contributed by atoms with Crippen LogP contribution in [-0.2, 0) is 12.6 Å². The van der Waals surface area contributed by atoms with Crippen LogP contribution in [0.2, 0.25) is 0 Å². The van der Waals surface area contributed by atoms with Gasteiger partial charge in [-0.1, -0.05) is 24.8 Å². The van der Waals surface area contributed by atoms with Gasteiger partial charge in [-0.05, 0) is 42.0 Å². The molecule has 3 N–H and O–H groups in total. The van der Waals surface area contributed by atoms with Gasteiger partial charge < -0.3 is 15.4 Å². The van der Waals surface area contributed by atoms with Crippen molar-refractivity contribution in [2.24, 2.45) is 0 Å². The highest BCUT2D eigenvalue weighted by Crippen LogP contribution is 2.29. The van der Waals surface area contributed by atoms with Crippen molar-refractivity contribution in [2.45, 2.75) is 18.8 Å². The lowest BCUT2D eigenvalue weighted by Gasteiger charge is -2.10. The number of carbonyl (C=O) groups excluding carboxylic acids is 1. The summed E-state index contributed by atoms with van der Waals surface area (Å²) >= 11 is 0. The minimum atomic E-state index is -4.64. The van der Waals surface area contributed by atoms with Gasteiger partial charge in [0.15, 0.2) is 5.76 Å². The van der Waals surface area contributed by atoms with Gasteiger partial charge in [-0.15, -0.1) is 0 Å². The van der Waals surface area contributed by atoms with E-state index in [1.165, 1.54) is 12.1 Å². The molecule has 0 saturated carbocycles. The molecule has 0 bridgehead atoms. The van der Waals surface area contributed by atoms with E-state index in [-0.39, 0.29) is 5.91 Å². The van der Waals surface area contributed by atoms with E-state index in [1.807, 2.05) is 18.2 Å². The number of amides is 1. The summed E-state index contributed by atoms with van der Waals surface area (Å²) in [6, 6.07) is 10.5. The number of aliphatic hydroxyl groups excluding tert-OH is 1. The van der Waals surface area contributed by atoms with Crippen molar-refractivity contribution in [3.05, 3.63) is 89.1 Å². The summed E-state index contributed by atoms with van der Waals surface area (Å²) in [6.45, 7) is 2.87. The highest BCUT2D eigenvalue weighted by atomic mass is 19.4. The number of nitrogens with one attached hydrogen (secondary N) is 2. The summed E-state index contributed by atoms with van der Waals surface area (Å²) in [7, 11) is 0. The van der Waals surface area contributed by atoms with Crippen molar-refractivity contribution in [1.82, 2.24) is 15.3 Å². The Balaban J connectivity index is 0.000000429. The number of hydrogen-bond acceptors (Lipinski definition) is 3. The highest BCUT2D eigenvalue weighted by Gasteiger charge is 2.31. The first-order chi connectivity index (χ1) is 16.3. The Hall–Kier alpha value is -4.02. The number of benzene rings is 1. The number of pyridine rings is 1. The standard InChI is InChI=1S/C21H16F3N3O.C3H3F3O/c22-21(23,24)15-4-1-13(2-5-15)3-6-16-11-14(7-9-25-16)19-12-17-18(27-19)8-10-26-20(17)28;1-2(7)3(4,5)6/h1-7,9,11-12,27H,8,10H2,(H,26,28);7H,1H2/b6-3+;. The molecule has 0 fully saturated rings. The van der Waals surface area contributed by atoms with Crippen LogP contribution in [0.1, 0.15) is 32.9 Å². The number of alkyl halides is 6. The molecule has 0 aliphatic carbocycles. The molecule has 5 nitrogen and oxygen atoms in total. The number of allylic oxidation sites excluding steroid dienone is 1. The van der Waals surface area contributed by atoms with E-state index >= 15 is 0 Å². The summed E-state index contributed by atoms with van der Waals surface area (Å²) < 4.78 is 70.4. The molecule has 3 aromatic rings. The first-order valence-corrected chi connectivity index (χ1v) is 10.1. The van der Waals surface area contributed by atoms with Gasteiger partial charge in [0, 0.05) is 36.1 Å². The molecular weight excluding hydrogens is 476 g/mol. The van der Waals surface area contributed by atoms with Gasteiger partial charge in [-0.3, -0.25) is 9.78 Å². The average Bonchev–Trinajstić information content (AvgIpc) is 3.23. The number of halogens is 6. The number of carbonyl (C=O) groups is 1. The molecular formula is C24H19F6N3O2. The topological polar surface area (TPSA) is 78.0 Å². The second-order valence-corrected chi connectivity index (χ2v) is 7.45. The summed E-state index contributed by atoms with van der Waals surface area (Å²) in [5.74, 6) is -1.84. The van der Waals surface area contributed by atoms with E-state index in [2.05, 4.69) is 21.9 Å². The summed E-state index contributed by atoms with van der Waals surface area (Å²) in [5.41, 5.74) is 3.90. The number of aliphatic hydroxyl groups is 1. The third-order valence-electron chi connectivity index (χ3n) is 4.91. The second-order valence-electron chi connectivity index (χ2n) is 7.45. The fraction of sp³-hybridized carbons (Fsp3) is 0.167. The number of rotatable bonds is 3. The predicted octanol–water partition coefficient (Wildman–Crippen LogP) is 6.17. The Morgan fingerprint density at radius 1 is 1.03 bits per heavy atom. The van der Waals surface area contributed by atoms with Crippen molar-refractivity contribution < 1.29 is 36.2 Å². The zero-order valence-electron chi connectivity index (χ0n) is 18.0. The van der Waals surface area contributed by atoms with E-state index in [4.69, 9.17) is 5.11 Å². The maximum absolute atomic E-state index is 12.6. The van der Waals surface area contributed by atoms with E-state index in [0.717, 1.165) is 35.5 Å². The summed E-state index contributed by atoms with van der Waals surface area (Å²) in [6.07, 6.45) is -3.13. The van der Waals surface area contributed by atoms with Gasteiger partial charge in [0.05, 0.1) is 16.8 Å². The number of nitrogens with zero attached hydrogens (tertiary/aromatic N) is 1. The molecule has 184 valence electrons. The number of H-pyrrole nitrogens is 1. The quantitative estimate of drug-likeness (QED) is 0.300. The van der Waals surface area contributed by atoms with Crippen LogP contribution in [-0.4, -0.2) is 33.7 Å². The van der Waals surface area contributed by atoms with E-state index in [0.29, 0.717) is 23.4 Å². The third-order valence-corrected chi connectivity index (χ3v) is 4.91. The predicted molar refractivity (Wildman–Crippen MR) is 118 cm³/mol. The van der Waals surface area contributed by atoms with Crippen LogP contribution in [0, 0.1) is 0 Å². The maximum Gasteiger partial charge on any atom is 0.448 e. The van der Waals surface area contributed by atoms with Crippen LogP contribution < -0.4 is 5.32 Å². The molecule has 0 atom stereocenters. The number of fused-ring (bicyclic) bond motifs is 1. The largest absolute Gasteiger partial charge is 0.505 e. The number of aromatic amines is 1. The fourth-order valence-electron chi connectivity index (χ4n) is 3.12. The smallest absolute Gasteiger partial charge is 0.448 e. The van der Waals surface area contributed by atoms with Crippen LogP contribution in [0.5, 0.6) is 0 Å². The van der Waals surface area contributed by atoms with Gasteiger partial charge >= 0.3 is 12.4 Å². The Bertz CT molecular complexity index is 1240. The molecule has 1 amide bonds. The Labute approximate surface area is 195 Å². The Morgan fingerprint density at radius 3 is 2.26 bits per heavy atom. The minimum Gasteiger partial charge on any atom is -0.505 e. The summed E-state index contributed by atoms with van der Waals surface area (Å²) in [4.78, 5) is 19.5. The van der Waals surface area contributed by atoms with Crippen LogP contribution in [0.25, 0.3) is 23.4 Å². The van der Waals surface area contributed by atoms with E-state index in [9.17, 15) is 31.1 Å². The lowest BCUT2D eigenvalue weighted by Crippen LogP contribution is -2.31. The molecule has 1 aromatic carbocycles. The fourth-order valence-corrected chi connectivity index (χ4v) is 3.12. The SMILES string of the molecule is C=C(O)C(F)(F)F.O=C1NCCc2[nH]c(-c3ccnc(/C=C/c4ccc(C(F)(F)F)cc4)c3)cc21.